The van der Waals surface area contributed by atoms with Gasteiger partial charge in [-0.15, -0.1) is 0 Å². The number of nitrogens with zero attached hydrogens (tertiary/aromatic N) is 4. The van der Waals surface area contributed by atoms with Crippen LogP contribution < -0.4 is 10.2 Å². The van der Waals surface area contributed by atoms with Crippen LogP contribution in [0.2, 0.25) is 0 Å². The van der Waals surface area contributed by atoms with Gasteiger partial charge in [0.2, 0.25) is 0 Å². The number of rotatable bonds is 8. The Hall–Kier alpha value is -1.83. The SMILES string of the molecule is CCCNc1ncnc(N(CC)CCC#N)c1C(C)C. The van der Waals surface area contributed by atoms with E-state index in [4.69, 9.17) is 5.26 Å². The van der Waals surface area contributed by atoms with Crippen LogP contribution in [-0.2, 0) is 0 Å². The Bertz CT molecular complexity index is 450. The lowest BCUT2D eigenvalue weighted by molar-refractivity contribution is 0.770. The van der Waals surface area contributed by atoms with E-state index in [0.717, 1.165) is 36.7 Å². The molecule has 1 heterocycles. The lowest BCUT2D eigenvalue weighted by Crippen LogP contribution is -2.27. The van der Waals surface area contributed by atoms with E-state index in [1.54, 1.807) is 6.33 Å². The van der Waals surface area contributed by atoms with E-state index >= 15 is 0 Å². The molecular formula is C15H25N5. The fourth-order valence-electron chi connectivity index (χ4n) is 2.15. The van der Waals surface area contributed by atoms with Crippen molar-refractivity contribution in [1.29, 1.82) is 5.26 Å². The summed E-state index contributed by atoms with van der Waals surface area (Å²) in [4.78, 5) is 11.0. The van der Waals surface area contributed by atoms with Gasteiger partial charge in [0.25, 0.3) is 0 Å². The Morgan fingerprint density at radius 2 is 2.10 bits per heavy atom. The van der Waals surface area contributed by atoms with Gasteiger partial charge in [0.05, 0.1) is 12.5 Å². The maximum atomic E-state index is 8.79. The maximum absolute atomic E-state index is 8.79. The van der Waals surface area contributed by atoms with Crippen molar-refractivity contribution >= 4 is 11.6 Å². The molecule has 0 unspecified atom stereocenters. The van der Waals surface area contributed by atoms with Gasteiger partial charge in [-0.05, 0) is 19.3 Å². The molecule has 0 saturated heterocycles. The molecule has 0 fully saturated rings. The summed E-state index contributed by atoms with van der Waals surface area (Å²) in [5.74, 6) is 2.20. The summed E-state index contributed by atoms with van der Waals surface area (Å²) in [6.07, 6.45) is 3.17. The summed E-state index contributed by atoms with van der Waals surface area (Å²) < 4.78 is 0. The molecule has 0 aliphatic carbocycles. The third-order valence-corrected chi connectivity index (χ3v) is 3.16. The number of hydrogen-bond donors (Lipinski definition) is 1. The van der Waals surface area contributed by atoms with Gasteiger partial charge in [-0.1, -0.05) is 20.8 Å². The van der Waals surface area contributed by atoms with Crippen molar-refractivity contribution in [3.63, 3.8) is 0 Å². The molecule has 5 heteroatoms. The summed E-state index contributed by atoms with van der Waals surface area (Å²) in [5.41, 5.74) is 1.14. The zero-order valence-electron chi connectivity index (χ0n) is 13.0. The van der Waals surface area contributed by atoms with Crippen molar-refractivity contribution in [3.8, 4) is 6.07 Å². The normalized spacial score (nSPS) is 10.4. The zero-order valence-corrected chi connectivity index (χ0v) is 13.0. The highest BCUT2D eigenvalue weighted by molar-refractivity contribution is 5.60. The number of nitrogens with one attached hydrogen (secondary N) is 1. The standard InChI is InChI=1S/C15H25N5/c1-5-9-17-14-13(12(3)4)15(19-11-18-14)20(6-2)10-7-8-16/h11-12H,5-7,9-10H2,1-4H3,(H,17,18,19). The third kappa shape index (κ3) is 4.09. The highest BCUT2D eigenvalue weighted by Crippen LogP contribution is 2.30. The van der Waals surface area contributed by atoms with E-state index in [9.17, 15) is 0 Å². The molecule has 0 atom stereocenters. The molecule has 0 saturated carbocycles. The minimum absolute atomic E-state index is 0.335. The molecule has 0 aromatic carbocycles. The van der Waals surface area contributed by atoms with Gasteiger partial charge >= 0.3 is 0 Å². The molecular weight excluding hydrogens is 250 g/mol. The molecule has 0 bridgehead atoms. The molecule has 5 nitrogen and oxygen atoms in total. The molecule has 110 valence electrons. The summed E-state index contributed by atoms with van der Waals surface area (Å²) in [5, 5.41) is 12.2. The van der Waals surface area contributed by atoms with Crippen molar-refractivity contribution in [2.75, 3.05) is 29.9 Å². The Morgan fingerprint density at radius 1 is 1.35 bits per heavy atom. The first-order valence-corrected chi connectivity index (χ1v) is 7.36. The van der Waals surface area contributed by atoms with Crippen molar-refractivity contribution in [2.45, 2.75) is 46.5 Å². The molecule has 0 aliphatic rings. The van der Waals surface area contributed by atoms with Gasteiger partial charge in [0.15, 0.2) is 0 Å². The predicted molar refractivity (Wildman–Crippen MR) is 83.0 cm³/mol. The topological polar surface area (TPSA) is 64.8 Å². The van der Waals surface area contributed by atoms with Gasteiger partial charge < -0.3 is 10.2 Å². The maximum Gasteiger partial charge on any atom is 0.137 e. The number of anilines is 2. The van der Waals surface area contributed by atoms with Gasteiger partial charge in [-0.25, -0.2) is 9.97 Å². The van der Waals surface area contributed by atoms with E-state index in [0.29, 0.717) is 18.9 Å². The molecule has 0 radical (unpaired) electrons. The van der Waals surface area contributed by atoms with Crippen LogP contribution >= 0.6 is 0 Å². The van der Waals surface area contributed by atoms with E-state index in [-0.39, 0.29) is 0 Å². The second-order valence-corrected chi connectivity index (χ2v) is 5.03. The predicted octanol–water partition coefficient (Wildman–Crippen LogP) is 3.16. The van der Waals surface area contributed by atoms with Crippen LogP contribution in [0.3, 0.4) is 0 Å². The Kier molecular flexibility index (Phi) is 6.78. The second kappa shape index (κ2) is 8.36. The Labute approximate surface area is 122 Å². The molecule has 1 N–H and O–H groups in total. The summed E-state index contributed by atoms with van der Waals surface area (Å²) >= 11 is 0. The van der Waals surface area contributed by atoms with Crippen LogP contribution in [0.15, 0.2) is 6.33 Å². The fourth-order valence-corrected chi connectivity index (χ4v) is 2.15. The van der Waals surface area contributed by atoms with E-state index in [1.165, 1.54) is 0 Å². The average Bonchev–Trinajstić information content (AvgIpc) is 2.45. The highest BCUT2D eigenvalue weighted by Gasteiger charge is 2.18. The summed E-state index contributed by atoms with van der Waals surface area (Å²) in [6, 6.07) is 2.20. The molecule has 1 aromatic heterocycles. The summed E-state index contributed by atoms with van der Waals surface area (Å²) in [7, 11) is 0. The number of hydrogen-bond acceptors (Lipinski definition) is 5. The lowest BCUT2D eigenvalue weighted by atomic mass is 10.0. The zero-order chi connectivity index (χ0) is 15.0. The van der Waals surface area contributed by atoms with Gasteiger partial charge in [-0.2, -0.15) is 5.26 Å². The van der Waals surface area contributed by atoms with Crippen LogP contribution in [-0.4, -0.2) is 29.6 Å². The third-order valence-electron chi connectivity index (χ3n) is 3.16. The minimum atomic E-state index is 0.335. The van der Waals surface area contributed by atoms with E-state index < -0.39 is 0 Å². The van der Waals surface area contributed by atoms with Crippen LogP contribution in [0.25, 0.3) is 0 Å². The van der Waals surface area contributed by atoms with Crippen LogP contribution in [0.5, 0.6) is 0 Å². The lowest BCUT2D eigenvalue weighted by Gasteiger charge is -2.26. The van der Waals surface area contributed by atoms with E-state index in [1.807, 2.05) is 0 Å². The fraction of sp³-hybridized carbons (Fsp3) is 0.667. The molecule has 0 amide bonds. The van der Waals surface area contributed by atoms with E-state index in [2.05, 4.69) is 53.9 Å². The second-order valence-electron chi connectivity index (χ2n) is 5.03. The van der Waals surface area contributed by atoms with Crippen molar-refractivity contribution in [3.05, 3.63) is 11.9 Å². The Balaban J connectivity index is 3.13. The minimum Gasteiger partial charge on any atom is -0.370 e. The average molecular weight is 275 g/mol. The molecule has 1 aromatic rings. The number of aromatic nitrogens is 2. The molecule has 20 heavy (non-hydrogen) atoms. The molecule has 0 spiro atoms. The molecule has 1 rings (SSSR count). The van der Waals surface area contributed by atoms with Gasteiger partial charge in [0.1, 0.15) is 18.0 Å². The van der Waals surface area contributed by atoms with Crippen LogP contribution in [0.1, 0.15) is 52.0 Å². The summed E-state index contributed by atoms with van der Waals surface area (Å²) in [6.45, 7) is 11.0. The first-order chi connectivity index (χ1) is 9.65. The van der Waals surface area contributed by atoms with Gasteiger partial charge in [-0.3, -0.25) is 0 Å². The highest BCUT2D eigenvalue weighted by atomic mass is 15.2. The largest absolute Gasteiger partial charge is 0.370 e. The number of nitriles is 1. The van der Waals surface area contributed by atoms with Crippen LogP contribution in [0, 0.1) is 11.3 Å². The Morgan fingerprint density at radius 3 is 2.65 bits per heavy atom. The molecule has 0 aliphatic heterocycles. The van der Waals surface area contributed by atoms with Crippen LogP contribution in [0.4, 0.5) is 11.6 Å². The first-order valence-electron chi connectivity index (χ1n) is 7.36. The quantitative estimate of drug-likeness (QED) is 0.789. The smallest absolute Gasteiger partial charge is 0.137 e. The van der Waals surface area contributed by atoms with Gasteiger partial charge in [0, 0.05) is 25.2 Å². The van der Waals surface area contributed by atoms with Crippen molar-refractivity contribution < 1.29 is 0 Å². The van der Waals surface area contributed by atoms with Crippen molar-refractivity contribution in [1.82, 2.24) is 9.97 Å². The first kappa shape index (κ1) is 16.2. The van der Waals surface area contributed by atoms with Crippen molar-refractivity contribution in [2.24, 2.45) is 0 Å². The monoisotopic (exact) mass is 275 g/mol.